The second-order valence-electron chi connectivity index (χ2n) is 3.60. The molecule has 5 nitrogen and oxygen atoms in total. The molecule has 1 heterocycles. The van der Waals surface area contributed by atoms with Crippen LogP contribution in [0.15, 0.2) is 12.3 Å². The molecule has 0 aliphatic carbocycles. The Morgan fingerprint density at radius 2 is 2.25 bits per heavy atom. The minimum Gasteiger partial charge on any atom is -0.398 e. The zero-order valence-electron chi connectivity index (χ0n) is 9.81. The molecule has 5 heteroatoms. The van der Waals surface area contributed by atoms with Crippen molar-refractivity contribution >= 4 is 11.5 Å². The Bertz CT molecular complexity index is 331. The van der Waals surface area contributed by atoms with Crippen LogP contribution in [-0.4, -0.2) is 43.5 Å². The number of rotatable bonds is 6. The third-order valence-corrected chi connectivity index (χ3v) is 2.39. The molecule has 0 amide bonds. The van der Waals surface area contributed by atoms with E-state index in [1.807, 2.05) is 17.9 Å². The molecular weight excluding hydrogens is 206 g/mol. The van der Waals surface area contributed by atoms with Crippen LogP contribution in [0, 0.1) is 6.92 Å². The molecule has 0 spiro atoms. The van der Waals surface area contributed by atoms with Crippen LogP contribution >= 0.6 is 0 Å². The second kappa shape index (κ2) is 6.30. The summed E-state index contributed by atoms with van der Waals surface area (Å²) in [7, 11) is 1.65. The van der Waals surface area contributed by atoms with Gasteiger partial charge in [-0.15, -0.1) is 0 Å². The van der Waals surface area contributed by atoms with Crippen molar-refractivity contribution in [3.05, 3.63) is 17.8 Å². The lowest BCUT2D eigenvalue weighted by Gasteiger charge is -2.22. The van der Waals surface area contributed by atoms with Crippen LogP contribution in [0.1, 0.15) is 5.56 Å². The van der Waals surface area contributed by atoms with Crippen molar-refractivity contribution in [2.75, 3.05) is 44.0 Å². The van der Waals surface area contributed by atoms with Gasteiger partial charge in [0.25, 0.3) is 0 Å². The molecule has 0 unspecified atom stereocenters. The number of aromatic nitrogens is 1. The molecule has 0 aliphatic rings. The van der Waals surface area contributed by atoms with E-state index in [9.17, 15) is 0 Å². The molecular formula is C11H19N3O2. The summed E-state index contributed by atoms with van der Waals surface area (Å²) in [6, 6.07) is 1.82. The van der Waals surface area contributed by atoms with Crippen LogP contribution in [0.4, 0.5) is 11.5 Å². The van der Waals surface area contributed by atoms with Crippen molar-refractivity contribution in [3.8, 4) is 0 Å². The Labute approximate surface area is 95.8 Å². The van der Waals surface area contributed by atoms with Gasteiger partial charge in [-0.1, -0.05) is 0 Å². The molecule has 0 fully saturated rings. The predicted octanol–water partition coefficient (Wildman–Crippen LogP) is 0.417. The van der Waals surface area contributed by atoms with Gasteiger partial charge < -0.3 is 20.5 Å². The minimum absolute atomic E-state index is 0.0825. The Kier molecular flexibility index (Phi) is 5.01. The molecule has 90 valence electrons. The predicted molar refractivity (Wildman–Crippen MR) is 64.6 cm³/mol. The fraction of sp³-hybridized carbons (Fsp3) is 0.545. The summed E-state index contributed by atoms with van der Waals surface area (Å²) in [4.78, 5) is 6.23. The molecule has 0 atom stereocenters. The summed E-state index contributed by atoms with van der Waals surface area (Å²) in [5.74, 6) is 0.772. The molecule has 0 radical (unpaired) electrons. The number of methoxy groups -OCH3 is 1. The monoisotopic (exact) mass is 225 g/mol. The highest BCUT2D eigenvalue weighted by molar-refractivity contribution is 5.54. The molecule has 0 saturated heterocycles. The van der Waals surface area contributed by atoms with Crippen molar-refractivity contribution in [3.63, 3.8) is 0 Å². The Balaban J connectivity index is 2.78. The number of hydrogen-bond acceptors (Lipinski definition) is 5. The molecule has 1 aromatic rings. The van der Waals surface area contributed by atoms with E-state index in [2.05, 4.69) is 4.98 Å². The van der Waals surface area contributed by atoms with E-state index in [-0.39, 0.29) is 6.61 Å². The standard InChI is InChI=1S/C11H19N3O2/c1-9-8-13-11(7-10(9)12)14(3-5-15)4-6-16-2/h7-8,15H,3-6H2,1-2H3,(H2,12,13). The third-order valence-electron chi connectivity index (χ3n) is 2.39. The Morgan fingerprint density at radius 1 is 1.50 bits per heavy atom. The third kappa shape index (κ3) is 3.36. The van der Waals surface area contributed by atoms with Crippen molar-refractivity contribution in [1.82, 2.24) is 4.98 Å². The molecule has 16 heavy (non-hydrogen) atoms. The maximum atomic E-state index is 8.98. The maximum Gasteiger partial charge on any atom is 0.130 e. The number of aliphatic hydroxyl groups is 1. The van der Waals surface area contributed by atoms with Crippen LogP contribution in [-0.2, 0) is 4.74 Å². The van der Waals surface area contributed by atoms with Gasteiger partial charge in [-0.05, 0) is 12.5 Å². The number of anilines is 2. The van der Waals surface area contributed by atoms with Gasteiger partial charge in [0.2, 0.25) is 0 Å². The topological polar surface area (TPSA) is 71.6 Å². The van der Waals surface area contributed by atoms with Crippen LogP contribution in [0.25, 0.3) is 0 Å². The summed E-state index contributed by atoms with van der Waals surface area (Å²) < 4.78 is 5.01. The molecule has 0 bridgehead atoms. The zero-order chi connectivity index (χ0) is 12.0. The van der Waals surface area contributed by atoms with E-state index in [0.29, 0.717) is 25.4 Å². The minimum atomic E-state index is 0.0825. The summed E-state index contributed by atoms with van der Waals surface area (Å²) in [6.45, 7) is 3.80. The van der Waals surface area contributed by atoms with Gasteiger partial charge in [0.1, 0.15) is 5.82 Å². The van der Waals surface area contributed by atoms with E-state index in [4.69, 9.17) is 15.6 Å². The first-order valence-corrected chi connectivity index (χ1v) is 5.26. The summed E-state index contributed by atoms with van der Waals surface area (Å²) in [6.07, 6.45) is 1.74. The Hall–Kier alpha value is -1.33. The van der Waals surface area contributed by atoms with Gasteiger partial charge in [-0.25, -0.2) is 4.98 Å². The van der Waals surface area contributed by atoms with Crippen LogP contribution in [0.2, 0.25) is 0 Å². The number of nitrogens with zero attached hydrogens (tertiary/aromatic N) is 2. The van der Waals surface area contributed by atoms with Crippen LogP contribution in [0.3, 0.4) is 0 Å². The lowest BCUT2D eigenvalue weighted by Crippen LogP contribution is -2.31. The van der Waals surface area contributed by atoms with Crippen molar-refractivity contribution in [2.24, 2.45) is 0 Å². The van der Waals surface area contributed by atoms with E-state index >= 15 is 0 Å². The highest BCUT2D eigenvalue weighted by Gasteiger charge is 2.08. The van der Waals surface area contributed by atoms with Gasteiger partial charge >= 0.3 is 0 Å². The molecule has 3 N–H and O–H groups in total. The van der Waals surface area contributed by atoms with Gasteiger partial charge in [0.15, 0.2) is 0 Å². The fourth-order valence-corrected chi connectivity index (χ4v) is 1.36. The van der Waals surface area contributed by atoms with E-state index in [1.165, 1.54) is 0 Å². The first kappa shape index (κ1) is 12.7. The maximum absolute atomic E-state index is 8.98. The largest absolute Gasteiger partial charge is 0.398 e. The smallest absolute Gasteiger partial charge is 0.130 e. The number of aliphatic hydroxyl groups excluding tert-OH is 1. The van der Waals surface area contributed by atoms with Crippen LogP contribution in [0.5, 0.6) is 0 Å². The Morgan fingerprint density at radius 3 is 2.81 bits per heavy atom. The number of nitrogen functional groups attached to an aromatic ring is 1. The van der Waals surface area contributed by atoms with Crippen molar-refractivity contribution < 1.29 is 9.84 Å². The van der Waals surface area contributed by atoms with Crippen LogP contribution < -0.4 is 10.6 Å². The SMILES string of the molecule is COCCN(CCO)c1cc(N)c(C)cn1. The van der Waals surface area contributed by atoms with Crippen molar-refractivity contribution in [1.29, 1.82) is 0 Å². The lowest BCUT2D eigenvalue weighted by molar-refractivity contribution is 0.202. The quantitative estimate of drug-likeness (QED) is 0.734. The second-order valence-corrected chi connectivity index (χ2v) is 3.60. The first-order valence-electron chi connectivity index (χ1n) is 5.26. The highest BCUT2D eigenvalue weighted by atomic mass is 16.5. The average molecular weight is 225 g/mol. The molecule has 0 saturated carbocycles. The first-order chi connectivity index (χ1) is 7.69. The van der Waals surface area contributed by atoms with Gasteiger partial charge in [0.05, 0.1) is 13.2 Å². The summed E-state index contributed by atoms with van der Waals surface area (Å²) in [5.41, 5.74) is 7.49. The molecule has 1 rings (SSSR count). The van der Waals surface area contributed by atoms with Gasteiger partial charge in [0, 0.05) is 38.1 Å². The van der Waals surface area contributed by atoms with E-state index < -0.39 is 0 Å². The lowest BCUT2D eigenvalue weighted by atomic mass is 10.2. The number of pyridine rings is 1. The number of hydrogen-bond donors (Lipinski definition) is 2. The molecule has 0 aromatic carbocycles. The van der Waals surface area contributed by atoms with E-state index in [0.717, 1.165) is 11.4 Å². The average Bonchev–Trinajstić information content (AvgIpc) is 2.28. The van der Waals surface area contributed by atoms with Crippen molar-refractivity contribution in [2.45, 2.75) is 6.92 Å². The highest BCUT2D eigenvalue weighted by Crippen LogP contribution is 2.17. The number of ether oxygens (including phenoxy) is 1. The summed E-state index contributed by atoms with van der Waals surface area (Å²) >= 11 is 0. The van der Waals surface area contributed by atoms with E-state index in [1.54, 1.807) is 13.3 Å². The van der Waals surface area contributed by atoms with Gasteiger partial charge in [-0.3, -0.25) is 0 Å². The normalized spacial score (nSPS) is 10.4. The molecule has 1 aromatic heterocycles. The molecule has 0 aliphatic heterocycles. The van der Waals surface area contributed by atoms with Gasteiger partial charge in [-0.2, -0.15) is 0 Å². The number of nitrogens with two attached hydrogens (primary N) is 1. The fourth-order valence-electron chi connectivity index (χ4n) is 1.36. The number of aryl methyl sites for hydroxylation is 1. The zero-order valence-corrected chi connectivity index (χ0v) is 9.81. The summed E-state index contributed by atoms with van der Waals surface area (Å²) in [5, 5.41) is 8.98.